The summed E-state index contributed by atoms with van der Waals surface area (Å²) in [5.74, 6) is -1.51. The molecule has 0 aliphatic rings. The first-order valence-electron chi connectivity index (χ1n) is 13.1. The topological polar surface area (TPSA) is 121 Å². The highest BCUT2D eigenvalue weighted by Gasteiger charge is 2.17. The Hall–Kier alpha value is -5.42. The van der Waals surface area contributed by atoms with Crippen LogP contribution in [0.15, 0.2) is 93.6 Å². The molecule has 0 saturated carbocycles. The number of carbonyl (C=O) groups is 3. The van der Waals surface area contributed by atoms with Crippen molar-refractivity contribution in [3.05, 3.63) is 99.7 Å². The molecule has 0 N–H and O–H groups in total. The zero-order chi connectivity index (χ0) is 30.5. The van der Waals surface area contributed by atoms with Gasteiger partial charge in [0.2, 0.25) is 0 Å². The Morgan fingerprint density at radius 2 is 1.35 bits per heavy atom. The van der Waals surface area contributed by atoms with Gasteiger partial charge in [0.1, 0.15) is 5.71 Å². The minimum Gasteiger partial charge on any atom is -0.319 e. The molecule has 0 amide bonds. The third-order valence-electron chi connectivity index (χ3n) is 6.32. The first-order chi connectivity index (χ1) is 20.7. The summed E-state index contributed by atoms with van der Waals surface area (Å²) >= 11 is 1.49. The van der Waals surface area contributed by atoms with Crippen molar-refractivity contribution in [2.24, 2.45) is 15.5 Å². The average Bonchev–Trinajstić information content (AvgIpc) is 3.62. The minimum atomic E-state index is -0.514. The summed E-state index contributed by atoms with van der Waals surface area (Å²) in [6, 6.07) is 23.3. The van der Waals surface area contributed by atoms with Crippen molar-refractivity contribution in [3.63, 3.8) is 0 Å². The van der Waals surface area contributed by atoms with Crippen LogP contribution >= 0.6 is 11.3 Å². The van der Waals surface area contributed by atoms with E-state index in [-0.39, 0.29) is 0 Å². The SMILES string of the molecule is CC(=O)ON=C(C)c1ccc(-n2c3ccc(/C=N/OC(C)=O)cc3c3cc(/C(=N\OC(C)=O)c4cccs4)ccc32)cc1. The fourth-order valence-electron chi connectivity index (χ4n) is 4.51. The molecule has 11 heteroatoms. The van der Waals surface area contributed by atoms with Crippen molar-refractivity contribution < 1.29 is 28.9 Å². The molecule has 0 aliphatic heterocycles. The van der Waals surface area contributed by atoms with Crippen molar-refractivity contribution in [3.8, 4) is 5.69 Å². The van der Waals surface area contributed by atoms with Gasteiger partial charge in [0, 0.05) is 42.8 Å². The van der Waals surface area contributed by atoms with E-state index in [1.165, 1.54) is 38.3 Å². The van der Waals surface area contributed by atoms with E-state index in [4.69, 9.17) is 14.5 Å². The number of hydrogen-bond acceptors (Lipinski definition) is 10. The highest BCUT2D eigenvalue weighted by Crippen LogP contribution is 2.34. The van der Waals surface area contributed by atoms with E-state index in [1.807, 2.05) is 78.2 Å². The number of benzene rings is 3. The normalized spacial score (nSPS) is 12.2. The molecule has 0 unspecified atom stereocenters. The molecule has 0 aliphatic carbocycles. The zero-order valence-corrected chi connectivity index (χ0v) is 24.5. The Bertz CT molecular complexity index is 1940. The van der Waals surface area contributed by atoms with Gasteiger partial charge >= 0.3 is 17.9 Å². The number of carbonyl (C=O) groups excluding carboxylic acids is 3. The quantitative estimate of drug-likeness (QED) is 0.117. The Labute approximate surface area is 250 Å². The molecule has 0 saturated heterocycles. The standard InChI is InChI=1S/C32H26N4O6S/c1-19(34-41-21(3)38)24-8-11-26(12-9-24)36-29-13-7-23(18-33-40-20(2)37)16-27(29)28-17-25(10-14-30(28)36)32(35-42-22(4)39)31-6-5-15-43-31/h5-18H,1-4H3/b33-18+,34-19?,35-32+. The van der Waals surface area contributed by atoms with Gasteiger partial charge in [-0.15, -0.1) is 11.3 Å². The number of nitrogens with zero attached hydrogens (tertiary/aromatic N) is 4. The van der Waals surface area contributed by atoms with Crippen LogP contribution in [0, 0.1) is 0 Å². The molecule has 43 heavy (non-hydrogen) atoms. The molecule has 10 nitrogen and oxygen atoms in total. The third kappa shape index (κ3) is 6.57. The van der Waals surface area contributed by atoms with Crippen molar-refractivity contribution in [2.75, 3.05) is 0 Å². The Morgan fingerprint density at radius 3 is 2.00 bits per heavy atom. The third-order valence-corrected chi connectivity index (χ3v) is 7.20. The van der Waals surface area contributed by atoms with Crippen molar-refractivity contribution in [1.82, 2.24) is 4.57 Å². The van der Waals surface area contributed by atoms with Crippen LogP contribution < -0.4 is 0 Å². The minimum absolute atomic E-state index is 0.488. The van der Waals surface area contributed by atoms with Crippen LogP contribution in [0.4, 0.5) is 0 Å². The van der Waals surface area contributed by atoms with Crippen LogP contribution in [-0.2, 0) is 28.9 Å². The lowest BCUT2D eigenvalue weighted by Crippen LogP contribution is -2.04. The van der Waals surface area contributed by atoms with Gasteiger partial charge in [0.15, 0.2) is 0 Å². The number of thiophene rings is 1. The molecule has 0 spiro atoms. The van der Waals surface area contributed by atoms with Crippen LogP contribution in [0.3, 0.4) is 0 Å². The summed E-state index contributed by atoms with van der Waals surface area (Å²) in [5.41, 5.74) is 6.14. The van der Waals surface area contributed by atoms with E-state index in [0.29, 0.717) is 11.4 Å². The molecule has 5 aromatic rings. The summed E-state index contributed by atoms with van der Waals surface area (Å²) in [5, 5.41) is 15.6. The summed E-state index contributed by atoms with van der Waals surface area (Å²) in [6.07, 6.45) is 1.48. The number of rotatable bonds is 8. The largest absolute Gasteiger partial charge is 0.332 e. The molecule has 0 fully saturated rings. The first-order valence-corrected chi connectivity index (χ1v) is 14.0. The van der Waals surface area contributed by atoms with Gasteiger partial charge in [0.25, 0.3) is 0 Å². The number of hydrogen-bond donors (Lipinski definition) is 0. The number of fused-ring (bicyclic) bond motifs is 3. The van der Waals surface area contributed by atoms with Gasteiger partial charge in [-0.25, -0.2) is 14.4 Å². The van der Waals surface area contributed by atoms with E-state index >= 15 is 0 Å². The maximum atomic E-state index is 11.6. The molecule has 0 atom stereocenters. The van der Waals surface area contributed by atoms with Gasteiger partial charge in [-0.3, -0.25) is 0 Å². The first kappa shape index (κ1) is 29.1. The van der Waals surface area contributed by atoms with E-state index in [0.717, 1.165) is 49.1 Å². The molecule has 3 aromatic carbocycles. The monoisotopic (exact) mass is 594 g/mol. The molecule has 0 bridgehead atoms. The van der Waals surface area contributed by atoms with E-state index in [2.05, 4.69) is 20.0 Å². The van der Waals surface area contributed by atoms with Crippen LogP contribution in [0.1, 0.15) is 49.3 Å². The average molecular weight is 595 g/mol. The maximum absolute atomic E-state index is 11.6. The molecule has 2 aromatic heterocycles. The predicted molar refractivity (Wildman–Crippen MR) is 166 cm³/mol. The lowest BCUT2D eigenvalue weighted by Gasteiger charge is -2.10. The highest BCUT2D eigenvalue weighted by atomic mass is 32.1. The molecule has 5 rings (SSSR count). The predicted octanol–water partition coefficient (Wildman–Crippen LogP) is 6.34. The summed E-state index contributed by atoms with van der Waals surface area (Å²) < 4.78 is 2.12. The molecular formula is C32H26N4O6S. The number of aromatic nitrogens is 1. The summed E-state index contributed by atoms with van der Waals surface area (Å²) in [6.45, 7) is 5.65. The summed E-state index contributed by atoms with van der Waals surface area (Å²) in [7, 11) is 0. The van der Waals surface area contributed by atoms with E-state index in [9.17, 15) is 14.4 Å². The second-order valence-electron chi connectivity index (χ2n) is 9.47. The molecular weight excluding hydrogens is 568 g/mol. The van der Waals surface area contributed by atoms with Gasteiger partial charge in [0.05, 0.1) is 27.8 Å². The van der Waals surface area contributed by atoms with Crippen LogP contribution in [0.25, 0.3) is 27.5 Å². The van der Waals surface area contributed by atoms with Crippen LogP contribution in [0.2, 0.25) is 0 Å². The lowest BCUT2D eigenvalue weighted by atomic mass is 10.0. The molecule has 2 heterocycles. The fourth-order valence-corrected chi connectivity index (χ4v) is 5.24. The second-order valence-corrected chi connectivity index (χ2v) is 10.4. The van der Waals surface area contributed by atoms with E-state index in [1.54, 1.807) is 6.92 Å². The maximum Gasteiger partial charge on any atom is 0.332 e. The Morgan fingerprint density at radius 1 is 0.721 bits per heavy atom. The molecule has 216 valence electrons. The Balaban J connectivity index is 1.68. The van der Waals surface area contributed by atoms with Gasteiger partial charge in [-0.05, 0) is 65.9 Å². The van der Waals surface area contributed by atoms with Crippen molar-refractivity contribution >= 4 is 68.7 Å². The van der Waals surface area contributed by atoms with Crippen LogP contribution in [-0.4, -0.2) is 40.1 Å². The van der Waals surface area contributed by atoms with Crippen LogP contribution in [0.5, 0.6) is 0 Å². The summed E-state index contributed by atoms with van der Waals surface area (Å²) in [4.78, 5) is 49.4. The van der Waals surface area contributed by atoms with Gasteiger partial charge < -0.3 is 19.1 Å². The highest BCUT2D eigenvalue weighted by molar-refractivity contribution is 7.12. The number of oxime groups is 3. The fraction of sp³-hybridized carbons (Fsp3) is 0.125. The zero-order valence-electron chi connectivity index (χ0n) is 23.7. The smallest absolute Gasteiger partial charge is 0.319 e. The lowest BCUT2D eigenvalue weighted by molar-refractivity contribution is -0.141. The van der Waals surface area contributed by atoms with Crippen molar-refractivity contribution in [2.45, 2.75) is 27.7 Å². The van der Waals surface area contributed by atoms with Gasteiger partial charge in [-0.2, -0.15) is 0 Å². The second kappa shape index (κ2) is 12.6. The van der Waals surface area contributed by atoms with Gasteiger partial charge in [-0.1, -0.05) is 45.8 Å². The van der Waals surface area contributed by atoms with E-state index < -0.39 is 17.9 Å². The molecule has 0 radical (unpaired) electrons. The van der Waals surface area contributed by atoms with Crippen molar-refractivity contribution in [1.29, 1.82) is 0 Å². The Kier molecular flexibility index (Phi) is 8.54.